The van der Waals surface area contributed by atoms with Crippen LogP contribution in [0.3, 0.4) is 0 Å². The van der Waals surface area contributed by atoms with Crippen molar-refractivity contribution in [3.8, 4) is 0 Å². The van der Waals surface area contributed by atoms with Crippen molar-refractivity contribution in [2.24, 2.45) is 4.99 Å². The van der Waals surface area contributed by atoms with Crippen LogP contribution in [0.5, 0.6) is 0 Å². The van der Waals surface area contributed by atoms with E-state index in [1.54, 1.807) is 0 Å². The molecule has 0 aromatic carbocycles. The molecule has 2 nitrogen and oxygen atoms in total. The van der Waals surface area contributed by atoms with Crippen molar-refractivity contribution in [1.82, 2.24) is 0 Å². The van der Waals surface area contributed by atoms with Gasteiger partial charge in [-0.15, -0.1) is 0 Å². The molecule has 0 aromatic rings. The van der Waals surface area contributed by atoms with Crippen LogP contribution in [0.15, 0.2) is 4.99 Å². The summed E-state index contributed by atoms with van der Waals surface area (Å²) in [5.41, 5.74) is 0. The van der Waals surface area contributed by atoms with Gasteiger partial charge in [-0.1, -0.05) is 0 Å². The predicted octanol–water partition coefficient (Wildman–Crippen LogP) is 0.126. The second-order valence-corrected chi connectivity index (χ2v) is 1.07. The molecule has 0 amide bonds. The lowest BCUT2D eigenvalue weighted by Gasteiger charge is -1.85. The zero-order chi connectivity index (χ0) is 4.41. The van der Waals surface area contributed by atoms with E-state index >= 15 is 0 Å². The quantitative estimate of drug-likeness (QED) is 0.408. The van der Waals surface area contributed by atoms with Crippen LogP contribution in [0.25, 0.3) is 0 Å². The molecule has 0 atom stereocenters. The lowest BCUT2D eigenvalue weighted by atomic mass is 10.8. The highest BCUT2D eigenvalue weighted by Crippen LogP contribution is 1.89. The summed E-state index contributed by atoms with van der Waals surface area (Å²) in [6, 6.07) is 0. The minimum absolute atomic E-state index is 0.329. The molecule has 1 aliphatic rings. The molecule has 2 heteroatoms. The zero-order valence-corrected chi connectivity index (χ0v) is 3.35. The maximum absolute atomic E-state index is 5.06. The number of hydrogen-bond acceptors (Lipinski definition) is 2. The maximum atomic E-state index is 5.06. The Bertz CT molecular complexity index is 77.6. The molecule has 0 unspecified atom stereocenters. The van der Waals surface area contributed by atoms with Crippen LogP contribution in [-0.4, -0.2) is 19.0 Å². The van der Waals surface area contributed by atoms with Gasteiger partial charge in [-0.2, -0.15) is 0 Å². The minimum Gasteiger partial charge on any atom is -0.479 e. The summed E-state index contributed by atoms with van der Waals surface area (Å²) in [5, 5.41) is 0. The summed E-state index contributed by atoms with van der Waals surface area (Å²) < 4.78 is 4.68. The van der Waals surface area contributed by atoms with Crippen molar-refractivity contribution in [2.45, 2.75) is 0 Å². The summed E-state index contributed by atoms with van der Waals surface area (Å²) in [7, 11) is 0. The SMILES string of the molecule is [CH]C1=NCCO1. The normalized spacial score (nSPS) is 19.8. The Morgan fingerprint density at radius 1 is 1.83 bits per heavy atom. The molecule has 0 aliphatic carbocycles. The standard InChI is InChI=1S/C4H5NO/c1-4-5-2-3-6-4/h1H,2-3H2. The molecule has 0 N–H and O–H groups in total. The smallest absolute Gasteiger partial charge is 0.188 e. The van der Waals surface area contributed by atoms with Gasteiger partial charge in [0.1, 0.15) is 6.61 Å². The van der Waals surface area contributed by atoms with Gasteiger partial charge in [0.05, 0.1) is 13.5 Å². The van der Waals surface area contributed by atoms with E-state index in [1.807, 2.05) is 0 Å². The van der Waals surface area contributed by atoms with E-state index in [1.165, 1.54) is 0 Å². The Balaban J connectivity index is 2.45. The van der Waals surface area contributed by atoms with E-state index in [-0.39, 0.29) is 0 Å². The van der Waals surface area contributed by atoms with Crippen LogP contribution in [-0.2, 0) is 4.74 Å². The highest BCUT2D eigenvalue weighted by atomic mass is 16.5. The monoisotopic (exact) mass is 83.0 g/mol. The summed E-state index contributed by atoms with van der Waals surface area (Å²) in [6.07, 6.45) is 0. The molecular weight excluding hydrogens is 78.0 g/mol. The molecule has 32 valence electrons. The van der Waals surface area contributed by atoms with Crippen LogP contribution in [0, 0.1) is 6.92 Å². The average molecular weight is 83.1 g/mol. The van der Waals surface area contributed by atoms with Crippen LogP contribution in [0.2, 0.25) is 0 Å². The van der Waals surface area contributed by atoms with Crippen LogP contribution in [0.4, 0.5) is 0 Å². The number of hydrogen-bond donors (Lipinski definition) is 0. The third kappa shape index (κ3) is 0.506. The number of ether oxygens (including phenoxy) is 1. The van der Waals surface area contributed by atoms with Gasteiger partial charge in [-0.05, 0) is 0 Å². The van der Waals surface area contributed by atoms with Gasteiger partial charge in [0.2, 0.25) is 0 Å². The fourth-order valence-corrected chi connectivity index (χ4v) is 0.352. The number of aliphatic imine (C=N–C) groups is 1. The molecule has 0 aromatic heterocycles. The Labute approximate surface area is 36.8 Å². The number of rotatable bonds is 0. The molecular formula is C4H5NO. The molecule has 1 aliphatic heterocycles. The Kier molecular flexibility index (Phi) is 0.783. The molecule has 1 rings (SSSR count). The largest absolute Gasteiger partial charge is 0.479 e. The van der Waals surface area contributed by atoms with Gasteiger partial charge in [0.25, 0.3) is 0 Å². The zero-order valence-electron chi connectivity index (χ0n) is 3.35. The highest BCUT2D eigenvalue weighted by molar-refractivity contribution is 5.81. The minimum atomic E-state index is 0.329. The van der Waals surface area contributed by atoms with Gasteiger partial charge in [-0.25, -0.2) is 0 Å². The van der Waals surface area contributed by atoms with Gasteiger partial charge in [0, 0.05) is 0 Å². The van der Waals surface area contributed by atoms with Crippen molar-refractivity contribution in [3.63, 3.8) is 0 Å². The van der Waals surface area contributed by atoms with E-state index in [4.69, 9.17) is 6.92 Å². The van der Waals surface area contributed by atoms with E-state index in [2.05, 4.69) is 9.73 Å². The van der Waals surface area contributed by atoms with Crippen LogP contribution < -0.4 is 0 Å². The Morgan fingerprint density at radius 2 is 2.67 bits per heavy atom. The van der Waals surface area contributed by atoms with Crippen molar-refractivity contribution < 1.29 is 4.74 Å². The van der Waals surface area contributed by atoms with E-state index < -0.39 is 0 Å². The summed E-state index contributed by atoms with van der Waals surface area (Å²) in [4.78, 5) is 3.71. The number of nitrogens with zero attached hydrogens (tertiary/aromatic N) is 1. The lowest BCUT2D eigenvalue weighted by Crippen LogP contribution is -1.89. The lowest BCUT2D eigenvalue weighted by molar-refractivity contribution is 0.349. The first-order valence-corrected chi connectivity index (χ1v) is 1.82. The van der Waals surface area contributed by atoms with Gasteiger partial charge >= 0.3 is 0 Å². The molecule has 1 heterocycles. The first-order valence-electron chi connectivity index (χ1n) is 1.82. The second kappa shape index (κ2) is 1.29. The van der Waals surface area contributed by atoms with Gasteiger partial charge in [0.15, 0.2) is 5.90 Å². The van der Waals surface area contributed by atoms with Gasteiger partial charge < -0.3 is 4.74 Å². The topological polar surface area (TPSA) is 21.6 Å². The molecule has 0 saturated heterocycles. The predicted molar refractivity (Wildman–Crippen MR) is 22.6 cm³/mol. The van der Waals surface area contributed by atoms with Crippen molar-refractivity contribution in [3.05, 3.63) is 6.92 Å². The third-order valence-corrected chi connectivity index (χ3v) is 0.609. The van der Waals surface area contributed by atoms with E-state index in [0.717, 1.165) is 6.54 Å². The second-order valence-electron chi connectivity index (χ2n) is 1.07. The summed E-state index contributed by atoms with van der Waals surface area (Å²) >= 11 is 0. The van der Waals surface area contributed by atoms with E-state index in [9.17, 15) is 0 Å². The first-order chi connectivity index (χ1) is 2.89. The maximum Gasteiger partial charge on any atom is 0.188 e. The fraction of sp³-hybridized carbons (Fsp3) is 0.500. The van der Waals surface area contributed by atoms with E-state index in [0.29, 0.717) is 12.5 Å². The molecule has 0 bridgehead atoms. The third-order valence-electron chi connectivity index (χ3n) is 0.609. The summed E-state index contributed by atoms with van der Waals surface area (Å²) in [6.45, 7) is 6.45. The van der Waals surface area contributed by atoms with Crippen molar-refractivity contribution in [2.75, 3.05) is 13.2 Å². The Hall–Kier alpha value is -0.530. The Morgan fingerprint density at radius 3 is 2.83 bits per heavy atom. The van der Waals surface area contributed by atoms with Crippen molar-refractivity contribution >= 4 is 5.90 Å². The van der Waals surface area contributed by atoms with Crippen molar-refractivity contribution in [1.29, 1.82) is 0 Å². The van der Waals surface area contributed by atoms with Crippen LogP contribution in [0.1, 0.15) is 0 Å². The fourth-order valence-electron chi connectivity index (χ4n) is 0.352. The van der Waals surface area contributed by atoms with Gasteiger partial charge in [-0.3, -0.25) is 4.99 Å². The molecule has 0 saturated carbocycles. The summed E-state index contributed by atoms with van der Waals surface area (Å²) in [5.74, 6) is 0.329. The molecule has 6 heavy (non-hydrogen) atoms. The van der Waals surface area contributed by atoms with Crippen LogP contribution >= 0.6 is 0 Å². The molecule has 0 fully saturated rings. The first kappa shape index (κ1) is 3.65. The highest BCUT2D eigenvalue weighted by Gasteiger charge is 1.96. The average Bonchev–Trinajstić information content (AvgIpc) is 1.86. The molecule has 0 spiro atoms. The molecule has 2 radical (unpaired) electrons.